The van der Waals surface area contributed by atoms with E-state index >= 15 is 0 Å². The van der Waals surface area contributed by atoms with Crippen LogP contribution in [0, 0.1) is 13.8 Å². The van der Waals surface area contributed by atoms with E-state index in [2.05, 4.69) is 30.3 Å². The van der Waals surface area contributed by atoms with Crippen LogP contribution in [0.3, 0.4) is 0 Å². The molecule has 0 radical (unpaired) electrons. The van der Waals surface area contributed by atoms with Crippen molar-refractivity contribution >= 4 is 64.6 Å². The highest BCUT2D eigenvalue weighted by molar-refractivity contribution is 7.27. The first-order valence-electron chi connectivity index (χ1n) is 7.86. The zero-order valence-electron chi connectivity index (χ0n) is 13.1. The van der Waals surface area contributed by atoms with E-state index in [0.29, 0.717) is 0 Å². The maximum Gasteiger partial charge on any atom is 0.179 e. The summed E-state index contributed by atoms with van der Waals surface area (Å²) < 4.78 is 20.3. The number of thiophene rings is 1. The van der Waals surface area contributed by atoms with Crippen LogP contribution in [0.4, 0.5) is 0 Å². The highest BCUT2D eigenvalue weighted by Gasteiger charge is 2.19. The number of aryl methyl sites for hydroxylation is 2. The largest absolute Gasteiger partial charge is 0.460 e. The van der Waals surface area contributed by atoms with Gasteiger partial charge in [0.05, 0.1) is 9.40 Å². The Balaban J connectivity index is 1.85. The van der Waals surface area contributed by atoms with Crippen LogP contribution in [0.5, 0.6) is 0 Å². The predicted octanol–water partition coefficient (Wildman–Crippen LogP) is 6.91. The molecule has 2 aromatic carbocycles. The topological polar surface area (TPSA) is 39.4 Å². The fourth-order valence-electron chi connectivity index (χ4n) is 3.62. The van der Waals surface area contributed by atoms with Gasteiger partial charge >= 0.3 is 0 Å². The fourth-order valence-corrected chi connectivity index (χ4v) is 4.87. The summed E-state index contributed by atoms with van der Waals surface area (Å²) in [4.78, 5) is 0. The molecular weight excluding hydrogens is 320 g/mol. The standard InChI is InChI=1S/C20H12O3S/c1-9-7-11-3-5-13-17(15(11)21-9)23-18-14-6-4-12-8-10(2)22-16(12)19(14)24-20(13)18/h3-8H,1-2H3. The minimum atomic E-state index is 0.830. The summed E-state index contributed by atoms with van der Waals surface area (Å²) in [6.07, 6.45) is 0. The van der Waals surface area contributed by atoms with Gasteiger partial charge in [0, 0.05) is 21.5 Å². The van der Waals surface area contributed by atoms with Gasteiger partial charge in [-0.05, 0) is 38.1 Å². The van der Waals surface area contributed by atoms with E-state index < -0.39 is 0 Å². The zero-order valence-corrected chi connectivity index (χ0v) is 13.9. The van der Waals surface area contributed by atoms with Crippen LogP contribution in [0.25, 0.3) is 53.3 Å². The molecule has 0 aliphatic heterocycles. The highest BCUT2D eigenvalue weighted by atomic mass is 32.1. The van der Waals surface area contributed by atoms with Crippen LogP contribution in [0.2, 0.25) is 0 Å². The molecule has 0 fully saturated rings. The number of rotatable bonds is 0. The van der Waals surface area contributed by atoms with Crippen LogP contribution in [-0.4, -0.2) is 0 Å². The summed E-state index contributed by atoms with van der Waals surface area (Å²) in [6, 6.07) is 12.6. The Morgan fingerprint density at radius 2 is 1.21 bits per heavy atom. The maximum atomic E-state index is 6.26. The number of benzene rings is 2. The summed E-state index contributed by atoms with van der Waals surface area (Å²) in [5, 5.41) is 4.42. The van der Waals surface area contributed by atoms with Crippen molar-refractivity contribution in [1.82, 2.24) is 0 Å². The van der Waals surface area contributed by atoms with Gasteiger partial charge in [-0.1, -0.05) is 12.1 Å². The molecular formula is C20H12O3S. The molecule has 0 amide bonds. The van der Waals surface area contributed by atoms with E-state index in [1.54, 1.807) is 11.3 Å². The van der Waals surface area contributed by atoms with Gasteiger partial charge in [-0.3, -0.25) is 0 Å². The van der Waals surface area contributed by atoms with Gasteiger partial charge in [-0.15, -0.1) is 11.3 Å². The van der Waals surface area contributed by atoms with E-state index in [4.69, 9.17) is 13.3 Å². The molecule has 0 N–H and O–H groups in total. The van der Waals surface area contributed by atoms with Gasteiger partial charge in [0.25, 0.3) is 0 Å². The first-order valence-corrected chi connectivity index (χ1v) is 8.68. The Labute approximate surface area is 140 Å². The molecule has 0 saturated carbocycles. The Morgan fingerprint density at radius 3 is 1.96 bits per heavy atom. The first-order chi connectivity index (χ1) is 11.7. The molecule has 24 heavy (non-hydrogen) atoms. The molecule has 0 aliphatic rings. The van der Waals surface area contributed by atoms with Crippen LogP contribution in [0.1, 0.15) is 11.5 Å². The third-order valence-corrected chi connectivity index (χ3v) is 5.85. The fraction of sp³-hybridized carbons (Fsp3) is 0.100. The lowest BCUT2D eigenvalue weighted by molar-refractivity contribution is 0.570. The van der Waals surface area contributed by atoms with Gasteiger partial charge in [0.1, 0.15) is 11.5 Å². The molecule has 4 heterocycles. The van der Waals surface area contributed by atoms with Gasteiger partial charge in [0.15, 0.2) is 22.3 Å². The van der Waals surface area contributed by atoms with E-state index in [0.717, 1.165) is 64.8 Å². The third kappa shape index (κ3) is 1.42. The van der Waals surface area contributed by atoms with E-state index in [-0.39, 0.29) is 0 Å². The van der Waals surface area contributed by atoms with E-state index in [9.17, 15) is 0 Å². The number of furan rings is 3. The van der Waals surface area contributed by atoms with Gasteiger partial charge in [-0.2, -0.15) is 0 Å². The molecule has 0 unspecified atom stereocenters. The van der Waals surface area contributed by atoms with Gasteiger partial charge in [0.2, 0.25) is 0 Å². The monoisotopic (exact) mass is 332 g/mol. The molecule has 4 heteroatoms. The normalized spacial score (nSPS) is 12.6. The molecule has 4 aromatic heterocycles. The van der Waals surface area contributed by atoms with Crippen LogP contribution < -0.4 is 0 Å². The third-order valence-electron chi connectivity index (χ3n) is 4.63. The SMILES string of the molecule is Cc1cc2ccc3c(oc4c5ccc6cc(C)oc6c5sc34)c2o1. The molecule has 0 atom stereocenters. The summed E-state index contributed by atoms with van der Waals surface area (Å²) in [5.41, 5.74) is 3.53. The molecule has 0 spiro atoms. The van der Waals surface area contributed by atoms with Gasteiger partial charge in [-0.25, -0.2) is 0 Å². The second-order valence-electron chi connectivity index (χ2n) is 6.30. The lowest BCUT2D eigenvalue weighted by atomic mass is 10.2. The summed E-state index contributed by atoms with van der Waals surface area (Å²) in [7, 11) is 0. The predicted molar refractivity (Wildman–Crippen MR) is 98.1 cm³/mol. The summed E-state index contributed by atoms with van der Waals surface area (Å²) >= 11 is 1.73. The van der Waals surface area contributed by atoms with Crippen molar-refractivity contribution in [3.63, 3.8) is 0 Å². The second-order valence-corrected chi connectivity index (χ2v) is 7.32. The van der Waals surface area contributed by atoms with Crippen molar-refractivity contribution in [3.8, 4) is 0 Å². The van der Waals surface area contributed by atoms with Crippen molar-refractivity contribution in [2.75, 3.05) is 0 Å². The Morgan fingerprint density at radius 1 is 0.625 bits per heavy atom. The van der Waals surface area contributed by atoms with Crippen LogP contribution in [-0.2, 0) is 0 Å². The van der Waals surface area contributed by atoms with Crippen molar-refractivity contribution in [2.24, 2.45) is 0 Å². The lowest BCUT2D eigenvalue weighted by Gasteiger charge is -1.93. The minimum absolute atomic E-state index is 0.830. The van der Waals surface area contributed by atoms with E-state index in [1.165, 1.54) is 0 Å². The quantitative estimate of drug-likeness (QED) is 0.303. The molecule has 116 valence electrons. The van der Waals surface area contributed by atoms with Crippen molar-refractivity contribution in [1.29, 1.82) is 0 Å². The van der Waals surface area contributed by atoms with Crippen molar-refractivity contribution in [2.45, 2.75) is 13.8 Å². The van der Waals surface area contributed by atoms with Crippen molar-refractivity contribution in [3.05, 3.63) is 47.9 Å². The number of fused-ring (bicyclic) bond motifs is 9. The summed E-state index contributed by atoms with van der Waals surface area (Å²) in [5.74, 6) is 1.83. The highest BCUT2D eigenvalue weighted by Crippen LogP contribution is 2.45. The van der Waals surface area contributed by atoms with Crippen LogP contribution >= 0.6 is 11.3 Å². The maximum absolute atomic E-state index is 6.26. The zero-order chi connectivity index (χ0) is 16.0. The average Bonchev–Trinajstić information content (AvgIpc) is 3.25. The summed E-state index contributed by atoms with van der Waals surface area (Å²) in [6.45, 7) is 3.94. The van der Waals surface area contributed by atoms with Crippen LogP contribution in [0.15, 0.2) is 49.6 Å². The first kappa shape index (κ1) is 12.7. The smallest absolute Gasteiger partial charge is 0.179 e. The molecule has 6 rings (SSSR count). The second kappa shape index (κ2) is 4.02. The van der Waals surface area contributed by atoms with Crippen molar-refractivity contribution < 1.29 is 13.3 Å². The molecule has 6 aromatic rings. The Bertz CT molecular complexity index is 1310. The minimum Gasteiger partial charge on any atom is -0.460 e. The average molecular weight is 332 g/mol. The molecule has 0 aliphatic carbocycles. The number of hydrogen-bond acceptors (Lipinski definition) is 4. The van der Waals surface area contributed by atoms with E-state index in [1.807, 2.05) is 19.9 Å². The molecule has 0 saturated heterocycles. The molecule has 3 nitrogen and oxygen atoms in total. The lowest BCUT2D eigenvalue weighted by Crippen LogP contribution is -1.67. The Kier molecular flexibility index (Phi) is 2.12. The van der Waals surface area contributed by atoms with Gasteiger partial charge < -0.3 is 13.3 Å². The number of hydrogen-bond donors (Lipinski definition) is 0. The molecule has 0 bridgehead atoms. The Hall–Kier alpha value is -2.72.